The summed E-state index contributed by atoms with van der Waals surface area (Å²) in [5, 5.41) is 6.88. The van der Waals surface area contributed by atoms with Gasteiger partial charge in [-0.2, -0.15) is 0 Å². The number of benzene rings is 2. The second-order valence-electron chi connectivity index (χ2n) is 5.70. The highest BCUT2D eigenvalue weighted by atomic mass is 35.5. The predicted molar refractivity (Wildman–Crippen MR) is 109 cm³/mol. The largest absolute Gasteiger partial charge is 0.385 e. The van der Waals surface area contributed by atoms with Crippen LogP contribution >= 0.6 is 24.2 Å². The van der Waals surface area contributed by atoms with Gasteiger partial charge in [0.15, 0.2) is 5.17 Å². The first-order chi connectivity index (χ1) is 11.7. The second-order valence-corrected chi connectivity index (χ2v) is 6.89. The number of hydrogen-bond acceptors (Lipinski definition) is 4. The van der Waals surface area contributed by atoms with Crippen molar-refractivity contribution < 1.29 is 4.79 Å². The first kappa shape index (κ1) is 19.3. The standard InChI is InChI=1S/C19H21N3OS.ClH/c1-14(15-8-4-2-5-9-15)21-19-22-18(23)17(24-19)12-13-20-16-10-6-3-7-11-16;/h2-11,14,17,20H,12-13H2,1H3,(H,21,22,23);1H/t14-,17?;/m0./s1. The molecule has 4 nitrogen and oxygen atoms in total. The molecule has 6 heteroatoms. The molecule has 1 aliphatic rings. The van der Waals surface area contributed by atoms with E-state index in [1.54, 1.807) is 0 Å². The molecule has 0 radical (unpaired) electrons. The Morgan fingerprint density at radius 2 is 1.76 bits per heavy atom. The van der Waals surface area contributed by atoms with Crippen LogP contribution in [0.4, 0.5) is 5.69 Å². The Hall–Kier alpha value is -1.98. The molecular weight excluding hydrogens is 354 g/mol. The second kappa shape index (κ2) is 9.49. The molecular formula is C19H22ClN3OS. The van der Waals surface area contributed by atoms with Crippen molar-refractivity contribution in [3.63, 3.8) is 0 Å². The van der Waals surface area contributed by atoms with Crippen LogP contribution in [-0.4, -0.2) is 22.9 Å². The van der Waals surface area contributed by atoms with E-state index in [-0.39, 0.29) is 29.6 Å². The normalized spacial score (nSPS) is 19.2. The number of para-hydroxylation sites is 1. The summed E-state index contributed by atoms with van der Waals surface area (Å²) in [5.41, 5.74) is 2.22. The monoisotopic (exact) mass is 375 g/mol. The van der Waals surface area contributed by atoms with Crippen molar-refractivity contribution in [1.82, 2.24) is 5.32 Å². The van der Waals surface area contributed by atoms with Gasteiger partial charge in [-0.25, -0.2) is 0 Å². The number of halogens is 1. The van der Waals surface area contributed by atoms with Gasteiger partial charge in [0.05, 0.1) is 11.3 Å². The number of carbonyl (C=O) groups excluding carboxylic acids is 1. The summed E-state index contributed by atoms with van der Waals surface area (Å²) in [7, 11) is 0. The van der Waals surface area contributed by atoms with Gasteiger partial charge in [-0.3, -0.25) is 9.79 Å². The van der Waals surface area contributed by atoms with Crippen LogP contribution in [0.3, 0.4) is 0 Å². The number of hydrogen-bond donors (Lipinski definition) is 2. The fraction of sp³-hybridized carbons (Fsp3) is 0.263. The molecule has 2 aromatic carbocycles. The minimum absolute atomic E-state index is 0. The van der Waals surface area contributed by atoms with E-state index < -0.39 is 0 Å². The first-order valence-electron chi connectivity index (χ1n) is 8.11. The molecule has 3 rings (SSSR count). The van der Waals surface area contributed by atoms with Crippen molar-refractivity contribution in [1.29, 1.82) is 0 Å². The molecule has 1 fully saturated rings. The van der Waals surface area contributed by atoms with E-state index in [9.17, 15) is 4.79 Å². The maximum atomic E-state index is 12.1. The van der Waals surface area contributed by atoms with Gasteiger partial charge in [0.2, 0.25) is 5.91 Å². The summed E-state index contributed by atoms with van der Waals surface area (Å²) in [5.74, 6) is 0.0499. The van der Waals surface area contributed by atoms with Crippen LogP contribution in [0.5, 0.6) is 0 Å². The van der Waals surface area contributed by atoms with E-state index in [0.29, 0.717) is 0 Å². The zero-order valence-corrected chi connectivity index (χ0v) is 15.6. The van der Waals surface area contributed by atoms with Gasteiger partial charge >= 0.3 is 0 Å². The van der Waals surface area contributed by atoms with Gasteiger partial charge in [-0.1, -0.05) is 60.3 Å². The van der Waals surface area contributed by atoms with Gasteiger partial charge in [-0.15, -0.1) is 12.4 Å². The van der Waals surface area contributed by atoms with E-state index >= 15 is 0 Å². The third-order valence-electron chi connectivity index (χ3n) is 3.88. The number of amides is 1. The number of rotatable bonds is 6. The Balaban J connectivity index is 0.00000225. The summed E-state index contributed by atoms with van der Waals surface area (Å²) in [6.07, 6.45) is 0.768. The van der Waals surface area contributed by atoms with Crippen LogP contribution < -0.4 is 10.6 Å². The van der Waals surface area contributed by atoms with Crippen molar-refractivity contribution in [2.45, 2.75) is 24.6 Å². The van der Waals surface area contributed by atoms with E-state index in [4.69, 9.17) is 0 Å². The number of thioether (sulfide) groups is 1. The SMILES string of the molecule is C[C@H](N=C1NC(=O)C(CCNc2ccccc2)S1)c1ccccc1.Cl. The summed E-state index contributed by atoms with van der Waals surface area (Å²) >= 11 is 1.53. The van der Waals surface area contributed by atoms with Crippen LogP contribution in [0.25, 0.3) is 0 Å². The Kier molecular flexibility index (Phi) is 7.34. The van der Waals surface area contributed by atoms with Crippen LogP contribution in [0.2, 0.25) is 0 Å². The lowest BCUT2D eigenvalue weighted by atomic mass is 10.1. The van der Waals surface area contributed by atoms with Gasteiger partial charge in [0.1, 0.15) is 0 Å². The first-order valence-corrected chi connectivity index (χ1v) is 8.99. The molecule has 1 aliphatic heterocycles. The number of anilines is 1. The van der Waals surface area contributed by atoms with E-state index in [1.807, 2.05) is 55.5 Å². The van der Waals surface area contributed by atoms with Gasteiger partial charge in [-0.05, 0) is 31.0 Å². The third-order valence-corrected chi connectivity index (χ3v) is 5.04. The van der Waals surface area contributed by atoms with Gasteiger partial charge in [0.25, 0.3) is 0 Å². The molecule has 0 spiro atoms. The van der Waals surface area contributed by atoms with E-state index in [1.165, 1.54) is 11.8 Å². The number of nitrogens with one attached hydrogen (secondary N) is 2. The highest BCUT2D eigenvalue weighted by Gasteiger charge is 2.30. The Morgan fingerprint density at radius 1 is 1.12 bits per heavy atom. The van der Waals surface area contributed by atoms with Gasteiger partial charge < -0.3 is 10.6 Å². The smallest absolute Gasteiger partial charge is 0.239 e. The molecule has 0 saturated carbocycles. The predicted octanol–water partition coefficient (Wildman–Crippen LogP) is 4.26. The highest BCUT2D eigenvalue weighted by molar-refractivity contribution is 8.15. The van der Waals surface area contributed by atoms with Gasteiger partial charge in [0, 0.05) is 12.2 Å². The van der Waals surface area contributed by atoms with E-state index in [0.717, 1.165) is 29.4 Å². The maximum Gasteiger partial charge on any atom is 0.239 e. The van der Waals surface area contributed by atoms with Crippen molar-refractivity contribution in [2.75, 3.05) is 11.9 Å². The molecule has 2 atom stereocenters. The highest BCUT2D eigenvalue weighted by Crippen LogP contribution is 2.25. The summed E-state index contributed by atoms with van der Waals surface area (Å²) in [6.45, 7) is 2.80. The number of amidine groups is 1. The quantitative estimate of drug-likeness (QED) is 0.793. The molecule has 2 aromatic rings. The average molecular weight is 376 g/mol. The average Bonchev–Trinajstić information content (AvgIpc) is 2.96. The maximum absolute atomic E-state index is 12.1. The van der Waals surface area contributed by atoms with Crippen LogP contribution in [-0.2, 0) is 4.79 Å². The van der Waals surface area contributed by atoms with Crippen molar-refractivity contribution >= 4 is 40.9 Å². The molecule has 2 N–H and O–H groups in total. The van der Waals surface area contributed by atoms with Crippen molar-refractivity contribution in [3.05, 3.63) is 66.2 Å². The number of nitrogens with zero attached hydrogens (tertiary/aromatic N) is 1. The minimum atomic E-state index is -0.0806. The van der Waals surface area contributed by atoms with E-state index in [2.05, 4.69) is 27.8 Å². The van der Waals surface area contributed by atoms with Crippen molar-refractivity contribution in [2.24, 2.45) is 4.99 Å². The molecule has 1 heterocycles. The third kappa shape index (κ3) is 5.51. The lowest BCUT2D eigenvalue weighted by molar-refractivity contribution is -0.118. The molecule has 1 saturated heterocycles. The summed E-state index contributed by atoms with van der Waals surface area (Å²) < 4.78 is 0. The summed E-state index contributed by atoms with van der Waals surface area (Å²) in [6, 6.07) is 20.2. The molecule has 0 aliphatic carbocycles. The number of carbonyl (C=O) groups is 1. The van der Waals surface area contributed by atoms with Crippen LogP contribution in [0.1, 0.15) is 24.9 Å². The van der Waals surface area contributed by atoms with Crippen LogP contribution in [0.15, 0.2) is 65.7 Å². The fourth-order valence-electron chi connectivity index (χ4n) is 2.54. The molecule has 1 unspecified atom stereocenters. The molecule has 1 amide bonds. The number of aliphatic imine (C=N–C) groups is 1. The Bertz CT molecular complexity index is 709. The van der Waals surface area contributed by atoms with Crippen molar-refractivity contribution in [3.8, 4) is 0 Å². The fourth-order valence-corrected chi connectivity index (χ4v) is 3.59. The van der Waals surface area contributed by atoms with Crippen LogP contribution in [0, 0.1) is 0 Å². The zero-order valence-electron chi connectivity index (χ0n) is 14.0. The molecule has 0 bridgehead atoms. The zero-order chi connectivity index (χ0) is 16.8. The Labute approximate surface area is 158 Å². The molecule has 132 valence electrons. The summed E-state index contributed by atoms with van der Waals surface area (Å²) in [4.78, 5) is 16.7. The molecule has 25 heavy (non-hydrogen) atoms. The lowest BCUT2D eigenvalue weighted by Gasteiger charge is -2.08. The molecule has 0 aromatic heterocycles. The lowest BCUT2D eigenvalue weighted by Crippen LogP contribution is -2.26. The Morgan fingerprint density at radius 3 is 2.44 bits per heavy atom. The minimum Gasteiger partial charge on any atom is -0.385 e. The topological polar surface area (TPSA) is 53.5 Å².